The monoisotopic (exact) mass is 358 g/mol. The highest BCUT2D eigenvalue weighted by molar-refractivity contribution is 9.10. The first-order chi connectivity index (χ1) is 9.82. The topological polar surface area (TPSA) is 38.0 Å². The summed E-state index contributed by atoms with van der Waals surface area (Å²) >= 11 is 3.41. The Bertz CT molecular complexity index is 641. The maximum Gasteiger partial charge on any atom is 0.416 e. The van der Waals surface area contributed by atoms with E-state index in [1.54, 1.807) is 6.07 Å². The summed E-state index contributed by atoms with van der Waals surface area (Å²) in [5, 5.41) is 0. The smallest absolute Gasteiger partial charge is 0.271 e. The molecule has 0 fully saturated rings. The minimum absolute atomic E-state index is 0.461. The average molecular weight is 359 g/mol. The van der Waals surface area contributed by atoms with Crippen LogP contribution in [0.3, 0.4) is 0 Å². The van der Waals surface area contributed by atoms with E-state index in [1.807, 2.05) is 25.1 Å². The Hall–Kier alpha value is -1.37. The Balaban J connectivity index is 2.44. The van der Waals surface area contributed by atoms with Gasteiger partial charge in [0.05, 0.1) is 11.6 Å². The van der Waals surface area contributed by atoms with Gasteiger partial charge in [-0.15, -0.1) is 0 Å². The van der Waals surface area contributed by atoms with Gasteiger partial charge >= 0.3 is 6.18 Å². The summed E-state index contributed by atoms with van der Waals surface area (Å²) in [7, 11) is 0. The van der Waals surface area contributed by atoms with Crippen molar-refractivity contribution >= 4 is 15.9 Å². The van der Waals surface area contributed by atoms with Crippen LogP contribution in [0.15, 0.2) is 46.9 Å². The fourth-order valence-electron chi connectivity index (χ4n) is 2.07. The minimum atomic E-state index is -4.37. The number of hydrazine groups is 1. The molecule has 0 saturated heterocycles. The summed E-state index contributed by atoms with van der Waals surface area (Å²) in [5.74, 6) is 5.54. The van der Waals surface area contributed by atoms with Crippen molar-refractivity contribution in [3.8, 4) is 0 Å². The lowest BCUT2D eigenvalue weighted by molar-refractivity contribution is -0.137. The second-order valence-electron chi connectivity index (χ2n) is 4.73. The highest BCUT2D eigenvalue weighted by Crippen LogP contribution is 2.32. The van der Waals surface area contributed by atoms with Gasteiger partial charge in [0.15, 0.2) is 0 Å². The maximum absolute atomic E-state index is 12.8. The molecule has 0 aromatic heterocycles. The first kappa shape index (κ1) is 16.0. The molecule has 0 saturated carbocycles. The molecule has 6 heteroatoms. The van der Waals surface area contributed by atoms with E-state index in [2.05, 4.69) is 21.4 Å². The predicted molar refractivity (Wildman–Crippen MR) is 79.5 cm³/mol. The van der Waals surface area contributed by atoms with Crippen LogP contribution in [0.1, 0.15) is 28.3 Å². The summed E-state index contributed by atoms with van der Waals surface area (Å²) in [6, 6.07) is 10.2. The van der Waals surface area contributed by atoms with Crippen LogP contribution in [0, 0.1) is 6.92 Å². The second kappa shape index (κ2) is 6.17. The van der Waals surface area contributed by atoms with Gasteiger partial charge in [-0.1, -0.05) is 40.2 Å². The van der Waals surface area contributed by atoms with Crippen LogP contribution in [0.4, 0.5) is 13.2 Å². The van der Waals surface area contributed by atoms with Gasteiger partial charge in [0.25, 0.3) is 0 Å². The number of nitrogens with one attached hydrogen (secondary N) is 1. The summed E-state index contributed by atoms with van der Waals surface area (Å²) in [4.78, 5) is 0. The van der Waals surface area contributed by atoms with E-state index < -0.39 is 17.8 Å². The molecule has 3 N–H and O–H groups in total. The average Bonchev–Trinajstić information content (AvgIpc) is 2.43. The summed E-state index contributed by atoms with van der Waals surface area (Å²) in [6.07, 6.45) is -4.37. The zero-order chi connectivity index (χ0) is 15.6. The lowest BCUT2D eigenvalue weighted by atomic mass is 9.97. The fraction of sp³-hybridized carbons (Fsp3) is 0.200. The highest BCUT2D eigenvalue weighted by Gasteiger charge is 2.31. The van der Waals surface area contributed by atoms with Gasteiger partial charge in [-0.25, -0.2) is 5.43 Å². The van der Waals surface area contributed by atoms with Crippen molar-refractivity contribution in [2.24, 2.45) is 5.84 Å². The van der Waals surface area contributed by atoms with E-state index in [0.717, 1.165) is 27.7 Å². The van der Waals surface area contributed by atoms with Crippen LogP contribution in [0.25, 0.3) is 0 Å². The molecule has 1 unspecified atom stereocenters. The van der Waals surface area contributed by atoms with Crippen LogP contribution >= 0.6 is 15.9 Å². The molecule has 2 aromatic carbocycles. The van der Waals surface area contributed by atoms with E-state index in [4.69, 9.17) is 5.84 Å². The third kappa shape index (κ3) is 3.64. The van der Waals surface area contributed by atoms with Crippen molar-refractivity contribution in [3.05, 3.63) is 69.2 Å². The number of benzene rings is 2. The predicted octanol–water partition coefficient (Wildman–Crippen LogP) is 4.33. The van der Waals surface area contributed by atoms with E-state index in [1.165, 1.54) is 6.07 Å². The summed E-state index contributed by atoms with van der Waals surface area (Å²) in [6.45, 7) is 1.93. The van der Waals surface area contributed by atoms with Crippen molar-refractivity contribution in [1.29, 1.82) is 0 Å². The van der Waals surface area contributed by atoms with Gasteiger partial charge in [0.1, 0.15) is 0 Å². The fourth-order valence-corrected chi connectivity index (χ4v) is 2.46. The molecule has 112 valence electrons. The zero-order valence-electron chi connectivity index (χ0n) is 11.2. The third-order valence-corrected chi connectivity index (χ3v) is 4.10. The quantitative estimate of drug-likeness (QED) is 0.633. The van der Waals surface area contributed by atoms with Gasteiger partial charge in [0, 0.05) is 4.47 Å². The molecule has 0 aliphatic heterocycles. The first-order valence-corrected chi connectivity index (χ1v) is 7.01. The van der Waals surface area contributed by atoms with Crippen molar-refractivity contribution in [2.45, 2.75) is 19.1 Å². The first-order valence-electron chi connectivity index (χ1n) is 6.22. The highest BCUT2D eigenvalue weighted by atomic mass is 79.9. The molecule has 2 aromatic rings. The molecule has 1 atom stereocenters. The van der Waals surface area contributed by atoms with Crippen molar-refractivity contribution < 1.29 is 13.2 Å². The summed E-state index contributed by atoms with van der Waals surface area (Å²) in [5.41, 5.74) is 4.17. The van der Waals surface area contributed by atoms with Gasteiger partial charge in [-0.2, -0.15) is 13.2 Å². The maximum atomic E-state index is 12.8. The number of rotatable bonds is 3. The largest absolute Gasteiger partial charge is 0.416 e. The number of alkyl halides is 3. The van der Waals surface area contributed by atoms with Crippen LogP contribution in [-0.4, -0.2) is 0 Å². The molecule has 0 aliphatic rings. The van der Waals surface area contributed by atoms with E-state index in [0.29, 0.717) is 5.56 Å². The zero-order valence-corrected chi connectivity index (χ0v) is 12.8. The van der Waals surface area contributed by atoms with Gasteiger partial charge in [-0.3, -0.25) is 5.84 Å². The minimum Gasteiger partial charge on any atom is -0.271 e. The van der Waals surface area contributed by atoms with E-state index >= 15 is 0 Å². The van der Waals surface area contributed by atoms with Crippen LogP contribution in [-0.2, 0) is 6.18 Å². The number of nitrogens with two attached hydrogens (primary N) is 1. The number of hydrogen-bond acceptors (Lipinski definition) is 2. The molecule has 0 bridgehead atoms. The molecular weight excluding hydrogens is 345 g/mol. The molecular formula is C15H14BrF3N2. The van der Waals surface area contributed by atoms with Gasteiger partial charge in [0.2, 0.25) is 0 Å². The molecule has 2 rings (SSSR count). The van der Waals surface area contributed by atoms with E-state index in [9.17, 15) is 13.2 Å². The lowest BCUT2D eigenvalue weighted by Gasteiger charge is -2.19. The summed E-state index contributed by atoms with van der Waals surface area (Å²) < 4.78 is 39.3. The number of aryl methyl sites for hydroxylation is 1. The second-order valence-corrected chi connectivity index (χ2v) is 5.59. The van der Waals surface area contributed by atoms with Gasteiger partial charge in [-0.05, 0) is 41.8 Å². The van der Waals surface area contributed by atoms with E-state index in [-0.39, 0.29) is 0 Å². The Morgan fingerprint density at radius 1 is 1.10 bits per heavy atom. The van der Waals surface area contributed by atoms with Crippen LogP contribution in [0.5, 0.6) is 0 Å². The standard InChI is InChI=1S/C15H14BrF3N2/c1-9-5-6-11(8-13(9)16)14(21-20)10-3-2-4-12(7-10)15(17,18)19/h2-8,14,21H,20H2,1H3. The Labute approximate surface area is 129 Å². The molecule has 0 radical (unpaired) electrons. The molecule has 0 heterocycles. The van der Waals surface area contributed by atoms with Gasteiger partial charge < -0.3 is 0 Å². The SMILES string of the molecule is Cc1ccc(C(NN)c2cccc(C(F)(F)F)c2)cc1Br. The normalized spacial score (nSPS) is 13.2. The Kier molecular flexibility index (Phi) is 4.70. The van der Waals surface area contributed by atoms with Crippen molar-refractivity contribution in [1.82, 2.24) is 5.43 Å². The number of hydrogen-bond donors (Lipinski definition) is 2. The third-order valence-electron chi connectivity index (χ3n) is 3.24. The Morgan fingerprint density at radius 3 is 2.33 bits per heavy atom. The molecule has 0 aliphatic carbocycles. The van der Waals surface area contributed by atoms with Crippen LogP contribution < -0.4 is 11.3 Å². The molecule has 21 heavy (non-hydrogen) atoms. The van der Waals surface area contributed by atoms with Crippen molar-refractivity contribution in [2.75, 3.05) is 0 Å². The lowest BCUT2D eigenvalue weighted by Crippen LogP contribution is -2.29. The molecule has 0 spiro atoms. The molecule has 0 amide bonds. The molecule has 2 nitrogen and oxygen atoms in total. The van der Waals surface area contributed by atoms with Crippen molar-refractivity contribution in [3.63, 3.8) is 0 Å². The number of halogens is 4. The van der Waals surface area contributed by atoms with Crippen LogP contribution in [0.2, 0.25) is 0 Å². The Morgan fingerprint density at radius 2 is 1.76 bits per heavy atom.